The molecular weight excluding hydrogens is 234 g/mol. The van der Waals surface area contributed by atoms with Crippen molar-refractivity contribution in [1.29, 1.82) is 0 Å². The molecule has 0 aliphatic rings. The number of hydroxylamine groups is 2. The molecule has 0 atom stereocenters. The van der Waals surface area contributed by atoms with Gasteiger partial charge in [-0.05, 0) is 18.8 Å². The molecule has 0 heterocycles. The largest absolute Gasteiger partial charge is 0.314 e. The third-order valence-corrected chi connectivity index (χ3v) is 3.72. The SMILES string of the molecule is CCCCN(O)CCCCCCCCCCC(C)C. The zero-order chi connectivity index (χ0) is 14.3. The Bertz CT molecular complexity index is 171. The van der Waals surface area contributed by atoms with Crippen LogP contribution in [0, 0.1) is 5.92 Å². The van der Waals surface area contributed by atoms with Gasteiger partial charge in [-0.15, -0.1) is 0 Å². The first-order valence-corrected chi connectivity index (χ1v) is 8.60. The first-order chi connectivity index (χ1) is 9.16. The van der Waals surface area contributed by atoms with E-state index in [1.165, 1.54) is 56.4 Å². The fraction of sp³-hybridized carbons (Fsp3) is 1.00. The van der Waals surface area contributed by atoms with Gasteiger partial charge in [-0.2, -0.15) is 5.06 Å². The number of hydrogen-bond acceptors (Lipinski definition) is 2. The van der Waals surface area contributed by atoms with E-state index in [1.54, 1.807) is 0 Å². The van der Waals surface area contributed by atoms with Gasteiger partial charge in [-0.3, -0.25) is 0 Å². The predicted octanol–water partition coefficient (Wildman–Crippen LogP) is 5.64. The van der Waals surface area contributed by atoms with Crippen LogP contribution in [0.5, 0.6) is 0 Å². The molecule has 0 unspecified atom stereocenters. The van der Waals surface area contributed by atoms with Crippen molar-refractivity contribution in [3.63, 3.8) is 0 Å². The molecule has 0 aromatic carbocycles. The molecule has 116 valence electrons. The summed E-state index contributed by atoms with van der Waals surface area (Å²) in [6, 6.07) is 0. The minimum absolute atomic E-state index is 0.840. The summed E-state index contributed by atoms with van der Waals surface area (Å²) < 4.78 is 0. The van der Waals surface area contributed by atoms with Crippen molar-refractivity contribution in [3.8, 4) is 0 Å². The molecule has 1 N–H and O–H groups in total. The van der Waals surface area contributed by atoms with E-state index < -0.39 is 0 Å². The molecule has 2 heteroatoms. The van der Waals surface area contributed by atoms with Gasteiger partial charge in [0.2, 0.25) is 0 Å². The van der Waals surface area contributed by atoms with Crippen molar-refractivity contribution < 1.29 is 5.21 Å². The van der Waals surface area contributed by atoms with Crippen LogP contribution in [-0.2, 0) is 0 Å². The molecule has 0 aliphatic carbocycles. The van der Waals surface area contributed by atoms with Crippen LogP contribution < -0.4 is 0 Å². The molecule has 0 bridgehead atoms. The fourth-order valence-electron chi connectivity index (χ4n) is 2.36. The highest BCUT2D eigenvalue weighted by molar-refractivity contribution is 4.51. The van der Waals surface area contributed by atoms with Crippen LogP contribution in [0.2, 0.25) is 0 Å². The minimum Gasteiger partial charge on any atom is -0.314 e. The van der Waals surface area contributed by atoms with Gasteiger partial charge in [-0.1, -0.05) is 78.6 Å². The standard InChI is InChI=1S/C17H37NO/c1-4-5-15-18(19)16-13-11-9-7-6-8-10-12-14-17(2)3/h17,19H,4-16H2,1-3H3. The number of rotatable bonds is 14. The monoisotopic (exact) mass is 271 g/mol. The predicted molar refractivity (Wildman–Crippen MR) is 84.7 cm³/mol. The van der Waals surface area contributed by atoms with Crippen LogP contribution in [0.4, 0.5) is 0 Å². The molecule has 0 amide bonds. The average Bonchev–Trinajstić information content (AvgIpc) is 2.38. The maximum Gasteiger partial charge on any atom is 0.0238 e. The second kappa shape index (κ2) is 14.3. The summed E-state index contributed by atoms with van der Waals surface area (Å²) in [6.07, 6.45) is 14.4. The van der Waals surface area contributed by atoms with Gasteiger partial charge in [0.05, 0.1) is 0 Å². The Labute approximate surface area is 121 Å². The van der Waals surface area contributed by atoms with E-state index in [-0.39, 0.29) is 0 Å². The Morgan fingerprint density at radius 2 is 1.21 bits per heavy atom. The van der Waals surface area contributed by atoms with E-state index in [0.717, 1.165) is 38.3 Å². The molecule has 0 radical (unpaired) electrons. The van der Waals surface area contributed by atoms with E-state index >= 15 is 0 Å². The Morgan fingerprint density at radius 3 is 1.74 bits per heavy atom. The zero-order valence-electron chi connectivity index (χ0n) is 13.7. The second-order valence-electron chi connectivity index (χ2n) is 6.32. The summed E-state index contributed by atoms with van der Waals surface area (Å²) in [5.41, 5.74) is 0. The van der Waals surface area contributed by atoms with Gasteiger partial charge < -0.3 is 5.21 Å². The summed E-state index contributed by atoms with van der Waals surface area (Å²) in [7, 11) is 0. The topological polar surface area (TPSA) is 23.5 Å². The Kier molecular flexibility index (Phi) is 14.3. The molecule has 0 aromatic rings. The smallest absolute Gasteiger partial charge is 0.0238 e. The van der Waals surface area contributed by atoms with Gasteiger partial charge in [0.25, 0.3) is 0 Å². The lowest BCUT2D eigenvalue weighted by atomic mass is 10.0. The third kappa shape index (κ3) is 15.9. The van der Waals surface area contributed by atoms with E-state index in [2.05, 4.69) is 20.8 Å². The molecule has 0 aromatic heterocycles. The summed E-state index contributed by atoms with van der Waals surface area (Å²) in [5.74, 6) is 0.870. The molecule has 0 saturated carbocycles. The van der Waals surface area contributed by atoms with Gasteiger partial charge in [0.1, 0.15) is 0 Å². The minimum atomic E-state index is 0.840. The fourth-order valence-corrected chi connectivity index (χ4v) is 2.36. The Balaban J connectivity index is 3.06. The maximum absolute atomic E-state index is 9.56. The van der Waals surface area contributed by atoms with Crippen LogP contribution in [0.3, 0.4) is 0 Å². The number of hydrogen-bond donors (Lipinski definition) is 1. The molecule has 0 rings (SSSR count). The first kappa shape index (κ1) is 18.9. The van der Waals surface area contributed by atoms with Crippen LogP contribution in [0.15, 0.2) is 0 Å². The number of unbranched alkanes of at least 4 members (excludes halogenated alkanes) is 8. The lowest BCUT2D eigenvalue weighted by Crippen LogP contribution is -2.21. The van der Waals surface area contributed by atoms with E-state index in [9.17, 15) is 5.21 Å². The van der Waals surface area contributed by atoms with Crippen molar-refractivity contribution in [3.05, 3.63) is 0 Å². The van der Waals surface area contributed by atoms with Crippen LogP contribution in [0.25, 0.3) is 0 Å². The van der Waals surface area contributed by atoms with Crippen LogP contribution in [-0.4, -0.2) is 23.4 Å². The highest BCUT2D eigenvalue weighted by Crippen LogP contribution is 2.12. The molecule has 0 fully saturated rings. The quantitative estimate of drug-likeness (QED) is 0.326. The van der Waals surface area contributed by atoms with Gasteiger partial charge in [-0.25, -0.2) is 0 Å². The second-order valence-corrected chi connectivity index (χ2v) is 6.32. The maximum atomic E-state index is 9.56. The molecule has 2 nitrogen and oxygen atoms in total. The van der Waals surface area contributed by atoms with Gasteiger partial charge in [0, 0.05) is 13.1 Å². The highest BCUT2D eigenvalue weighted by atomic mass is 16.5. The molecular formula is C17H37NO. The lowest BCUT2D eigenvalue weighted by molar-refractivity contribution is -0.0922. The van der Waals surface area contributed by atoms with Crippen molar-refractivity contribution >= 4 is 0 Å². The molecule has 0 aliphatic heterocycles. The van der Waals surface area contributed by atoms with E-state index in [1.807, 2.05) is 0 Å². The normalized spacial score (nSPS) is 11.7. The summed E-state index contributed by atoms with van der Waals surface area (Å²) in [6.45, 7) is 8.48. The van der Waals surface area contributed by atoms with E-state index in [4.69, 9.17) is 0 Å². The van der Waals surface area contributed by atoms with Crippen LogP contribution in [0.1, 0.15) is 91.4 Å². The average molecular weight is 271 g/mol. The highest BCUT2D eigenvalue weighted by Gasteiger charge is 1.99. The van der Waals surface area contributed by atoms with Crippen molar-refractivity contribution in [2.75, 3.05) is 13.1 Å². The van der Waals surface area contributed by atoms with Crippen molar-refractivity contribution in [2.24, 2.45) is 5.92 Å². The first-order valence-electron chi connectivity index (χ1n) is 8.60. The van der Waals surface area contributed by atoms with E-state index in [0.29, 0.717) is 0 Å². The Morgan fingerprint density at radius 1 is 0.737 bits per heavy atom. The molecule has 0 spiro atoms. The lowest BCUT2D eigenvalue weighted by Gasteiger charge is -2.13. The van der Waals surface area contributed by atoms with Gasteiger partial charge >= 0.3 is 0 Å². The molecule has 0 saturated heterocycles. The number of nitrogens with zero attached hydrogens (tertiary/aromatic N) is 1. The summed E-state index contributed by atoms with van der Waals surface area (Å²) in [4.78, 5) is 0. The van der Waals surface area contributed by atoms with Crippen molar-refractivity contribution in [2.45, 2.75) is 91.4 Å². The van der Waals surface area contributed by atoms with Gasteiger partial charge in [0.15, 0.2) is 0 Å². The summed E-state index contributed by atoms with van der Waals surface area (Å²) in [5, 5.41) is 11.1. The van der Waals surface area contributed by atoms with Crippen LogP contribution >= 0.6 is 0 Å². The zero-order valence-corrected chi connectivity index (χ0v) is 13.7. The van der Waals surface area contributed by atoms with Crippen molar-refractivity contribution in [1.82, 2.24) is 5.06 Å². The third-order valence-electron chi connectivity index (χ3n) is 3.72. The summed E-state index contributed by atoms with van der Waals surface area (Å²) >= 11 is 0. The Hall–Kier alpha value is -0.0800. The molecule has 19 heavy (non-hydrogen) atoms.